The van der Waals surface area contributed by atoms with Crippen LogP contribution in [-0.2, 0) is 0 Å². The molecule has 1 aromatic rings. The van der Waals surface area contributed by atoms with Crippen LogP contribution in [0.3, 0.4) is 0 Å². The molecule has 0 bridgehead atoms. The first-order valence-corrected chi connectivity index (χ1v) is 3.11. The molecule has 1 heterocycles. The Labute approximate surface area is 67.2 Å². The molecule has 1 N–H and O–H groups in total. The zero-order valence-electron chi connectivity index (χ0n) is 5.32. The number of pyridine rings is 1. The number of rotatable bonds is 1. The van der Waals surface area contributed by atoms with Crippen molar-refractivity contribution >= 4 is 17.6 Å². The number of carbonyl (C=O) groups is 1. The fraction of sp³-hybridized carbons (Fsp3) is 0. The first-order chi connectivity index (χ1) is 5.11. The molecule has 1 aromatic heterocycles. The van der Waals surface area contributed by atoms with Crippen molar-refractivity contribution in [1.29, 1.82) is 0 Å². The van der Waals surface area contributed by atoms with Gasteiger partial charge in [-0.3, -0.25) is 0 Å². The number of aromatic carboxylic acids is 1. The van der Waals surface area contributed by atoms with Crippen LogP contribution < -0.4 is 4.73 Å². The summed E-state index contributed by atoms with van der Waals surface area (Å²) in [5.41, 5.74) is -0.377. The molecule has 5 heteroatoms. The number of carboxylic acids is 1. The van der Waals surface area contributed by atoms with Gasteiger partial charge in [0.15, 0.2) is 6.20 Å². The van der Waals surface area contributed by atoms with Gasteiger partial charge in [-0.25, -0.2) is 4.79 Å². The predicted octanol–water partition coefficient (Wildman–Crippen LogP) is 0.672. The van der Waals surface area contributed by atoms with Gasteiger partial charge in [-0.2, -0.15) is 4.73 Å². The Morgan fingerprint density at radius 2 is 2.36 bits per heavy atom. The molecular formula is C6H4ClNO3. The van der Waals surface area contributed by atoms with Gasteiger partial charge >= 0.3 is 11.7 Å². The number of halogens is 1. The summed E-state index contributed by atoms with van der Waals surface area (Å²) in [5.74, 6) is -1.29. The Kier molecular flexibility index (Phi) is 1.96. The van der Waals surface area contributed by atoms with Gasteiger partial charge in [0.25, 0.3) is 0 Å². The van der Waals surface area contributed by atoms with Crippen LogP contribution in [0.2, 0.25) is 5.02 Å². The number of aromatic nitrogens is 1. The van der Waals surface area contributed by atoms with Gasteiger partial charge in [0, 0.05) is 12.1 Å². The second kappa shape index (κ2) is 2.75. The number of nitrogens with zero attached hydrogens (tertiary/aromatic N) is 1. The summed E-state index contributed by atoms with van der Waals surface area (Å²) in [6.45, 7) is 0. The van der Waals surface area contributed by atoms with Gasteiger partial charge in [-0.15, -0.1) is 0 Å². The fourth-order valence-corrected chi connectivity index (χ4v) is 0.777. The molecule has 0 unspecified atom stereocenters. The van der Waals surface area contributed by atoms with Crippen LogP contribution in [0.5, 0.6) is 0 Å². The molecule has 0 amide bonds. The second-order valence-corrected chi connectivity index (χ2v) is 2.30. The van der Waals surface area contributed by atoms with E-state index in [0.717, 1.165) is 12.3 Å². The zero-order chi connectivity index (χ0) is 8.43. The average Bonchev–Trinajstić information content (AvgIpc) is 1.94. The number of carboxylic acid groups (broad SMARTS) is 1. The zero-order valence-corrected chi connectivity index (χ0v) is 6.08. The first-order valence-electron chi connectivity index (χ1n) is 2.73. The van der Waals surface area contributed by atoms with Crippen molar-refractivity contribution in [2.24, 2.45) is 0 Å². The highest BCUT2D eigenvalue weighted by molar-refractivity contribution is 6.30. The number of hydrogen-bond donors (Lipinski definition) is 1. The summed E-state index contributed by atoms with van der Waals surface area (Å²) in [5, 5.41) is 19.3. The molecule has 4 nitrogen and oxygen atoms in total. The van der Waals surface area contributed by atoms with Gasteiger partial charge in [-0.1, -0.05) is 11.6 Å². The standard InChI is InChI=1S/C6H4ClNO3/c7-4-1-2-8(11)5(3-4)6(9)10/h1-3H,(H,9,10). The van der Waals surface area contributed by atoms with E-state index in [9.17, 15) is 10.0 Å². The lowest BCUT2D eigenvalue weighted by Gasteiger charge is -1.98. The topological polar surface area (TPSA) is 64.2 Å². The minimum Gasteiger partial charge on any atom is -0.618 e. The number of hydrogen-bond acceptors (Lipinski definition) is 2. The van der Waals surface area contributed by atoms with E-state index in [1.165, 1.54) is 6.07 Å². The van der Waals surface area contributed by atoms with Crippen LogP contribution in [0.1, 0.15) is 10.5 Å². The van der Waals surface area contributed by atoms with Crippen LogP contribution in [0.15, 0.2) is 18.3 Å². The van der Waals surface area contributed by atoms with Crippen molar-refractivity contribution in [2.75, 3.05) is 0 Å². The third-order valence-corrected chi connectivity index (χ3v) is 1.34. The lowest BCUT2D eigenvalue weighted by atomic mass is 10.3. The summed E-state index contributed by atoms with van der Waals surface area (Å²) < 4.78 is 0.244. The van der Waals surface area contributed by atoms with Crippen molar-refractivity contribution in [2.45, 2.75) is 0 Å². The monoisotopic (exact) mass is 173 g/mol. The maximum Gasteiger partial charge on any atom is 0.402 e. The highest BCUT2D eigenvalue weighted by Gasteiger charge is 2.13. The second-order valence-electron chi connectivity index (χ2n) is 1.86. The van der Waals surface area contributed by atoms with Crippen molar-refractivity contribution in [3.8, 4) is 0 Å². The maximum absolute atomic E-state index is 10.7. The van der Waals surface area contributed by atoms with Gasteiger partial charge in [0.2, 0.25) is 0 Å². The lowest BCUT2D eigenvalue weighted by Crippen LogP contribution is -2.33. The van der Waals surface area contributed by atoms with Gasteiger partial charge < -0.3 is 10.3 Å². The normalized spacial score (nSPS) is 9.55. The van der Waals surface area contributed by atoms with Gasteiger partial charge in [0.05, 0.1) is 5.02 Å². The van der Waals surface area contributed by atoms with Crippen LogP contribution >= 0.6 is 11.6 Å². The Balaban J connectivity index is 3.23. The van der Waals surface area contributed by atoms with Crippen molar-refractivity contribution in [1.82, 2.24) is 0 Å². The summed E-state index contributed by atoms with van der Waals surface area (Å²) in [6.07, 6.45) is 1.05. The lowest BCUT2D eigenvalue weighted by molar-refractivity contribution is -0.608. The van der Waals surface area contributed by atoms with Gasteiger partial charge in [-0.05, 0) is 0 Å². The quantitative estimate of drug-likeness (QED) is 0.502. The van der Waals surface area contributed by atoms with E-state index >= 15 is 0 Å². The average molecular weight is 174 g/mol. The summed E-state index contributed by atoms with van der Waals surface area (Å²) in [4.78, 5) is 10.3. The van der Waals surface area contributed by atoms with E-state index in [4.69, 9.17) is 16.7 Å². The Morgan fingerprint density at radius 3 is 2.82 bits per heavy atom. The van der Waals surface area contributed by atoms with Crippen LogP contribution in [-0.4, -0.2) is 11.1 Å². The summed E-state index contributed by atoms with van der Waals surface area (Å²) in [7, 11) is 0. The SMILES string of the molecule is O=C(O)c1cc(Cl)cc[n+]1[O-]. The predicted molar refractivity (Wildman–Crippen MR) is 37.4 cm³/mol. The van der Waals surface area contributed by atoms with Crippen molar-refractivity contribution < 1.29 is 14.6 Å². The fourth-order valence-electron chi connectivity index (χ4n) is 0.618. The van der Waals surface area contributed by atoms with Crippen LogP contribution in [0, 0.1) is 5.21 Å². The maximum atomic E-state index is 10.7. The summed E-state index contributed by atoms with van der Waals surface area (Å²) >= 11 is 5.45. The smallest absolute Gasteiger partial charge is 0.402 e. The molecular weight excluding hydrogens is 170 g/mol. The molecule has 0 spiro atoms. The molecule has 0 fully saturated rings. The van der Waals surface area contributed by atoms with E-state index in [-0.39, 0.29) is 15.4 Å². The highest BCUT2D eigenvalue weighted by atomic mass is 35.5. The largest absolute Gasteiger partial charge is 0.618 e. The molecule has 0 atom stereocenters. The molecule has 11 heavy (non-hydrogen) atoms. The molecule has 0 saturated heterocycles. The van der Waals surface area contributed by atoms with E-state index in [0.29, 0.717) is 0 Å². The van der Waals surface area contributed by atoms with E-state index in [1.54, 1.807) is 0 Å². The Bertz CT molecular complexity index is 300. The Hall–Kier alpha value is -1.29. The van der Waals surface area contributed by atoms with E-state index in [1.807, 2.05) is 0 Å². The van der Waals surface area contributed by atoms with E-state index in [2.05, 4.69) is 0 Å². The molecule has 58 valence electrons. The molecule has 0 aliphatic rings. The summed E-state index contributed by atoms with van der Waals surface area (Å²) in [6, 6.07) is 2.41. The molecule has 0 radical (unpaired) electrons. The molecule has 0 aliphatic carbocycles. The van der Waals surface area contributed by atoms with Crippen molar-refractivity contribution in [3.63, 3.8) is 0 Å². The minimum atomic E-state index is -1.29. The molecule has 0 aliphatic heterocycles. The van der Waals surface area contributed by atoms with Crippen LogP contribution in [0.25, 0.3) is 0 Å². The third-order valence-electron chi connectivity index (χ3n) is 1.10. The minimum absolute atomic E-state index is 0.231. The third kappa shape index (κ3) is 1.59. The highest BCUT2D eigenvalue weighted by Crippen LogP contribution is 2.06. The first kappa shape index (κ1) is 7.81. The van der Waals surface area contributed by atoms with E-state index < -0.39 is 5.97 Å². The van der Waals surface area contributed by atoms with Crippen LogP contribution in [0.4, 0.5) is 0 Å². The molecule has 0 saturated carbocycles. The Morgan fingerprint density at radius 1 is 1.73 bits per heavy atom. The van der Waals surface area contributed by atoms with Gasteiger partial charge in [0.1, 0.15) is 0 Å². The molecule has 1 rings (SSSR count). The van der Waals surface area contributed by atoms with Crippen molar-refractivity contribution in [3.05, 3.63) is 34.3 Å². The molecule has 0 aromatic carbocycles.